The Labute approximate surface area is 118 Å². The molecule has 5 heteroatoms. The quantitative estimate of drug-likeness (QED) is 0.775. The summed E-state index contributed by atoms with van der Waals surface area (Å²) < 4.78 is 1.78. The average Bonchev–Trinajstić information content (AvgIpc) is 2.90. The highest BCUT2D eigenvalue weighted by atomic mass is 16.2. The van der Waals surface area contributed by atoms with Crippen LogP contribution in [-0.2, 0) is 16.6 Å². The van der Waals surface area contributed by atoms with Crippen molar-refractivity contribution in [1.29, 1.82) is 0 Å². The summed E-state index contributed by atoms with van der Waals surface area (Å²) in [5.74, 6) is -0.0998. The van der Waals surface area contributed by atoms with Crippen LogP contribution in [-0.4, -0.2) is 26.5 Å². The van der Waals surface area contributed by atoms with Gasteiger partial charge in [0.15, 0.2) is 0 Å². The Bertz CT molecular complexity index is 539. The molecule has 108 valence electrons. The SMILES string of the molecule is Cc1c(C(C)N2C(=O)C3CCCCC3C2=O)cnn1C. The van der Waals surface area contributed by atoms with Crippen molar-refractivity contribution in [2.75, 3.05) is 0 Å². The third-order valence-electron chi connectivity index (χ3n) is 4.99. The number of nitrogens with zero attached hydrogens (tertiary/aromatic N) is 3. The smallest absolute Gasteiger partial charge is 0.233 e. The van der Waals surface area contributed by atoms with Gasteiger partial charge in [-0.05, 0) is 26.7 Å². The topological polar surface area (TPSA) is 55.2 Å². The number of carbonyl (C=O) groups excluding carboxylic acids is 2. The summed E-state index contributed by atoms with van der Waals surface area (Å²) in [5.41, 5.74) is 1.97. The number of rotatable bonds is 2. The first-order valence-electron chi connectivity index (χ1n) is 7.37. The summed E-state index contributed by atoms with van der Waals surface area (Å²) in [5, 5.41) is 4.22. The lowest BCUT2D eigenvalue weighted by atomic mass is 9.81. The van der Waals surface area contributed by atoms with E-state index in [0.717, 1.165) is 36.9 Å². The van der Waals surface area contributed by atoms with Gasteiger partial charge >= 0.3 is 0 Å². The van der Waals surface area contributed by atoms with Gasteiger partial charge in [-0.1, -0.05) is 12.8 Å². The van der Waals surface area contributed by atoms with Crippen LogP contribution < -0.4 is 0 Å². The van der Waals surface area contributed by atoms with Crippen LogP contribution in [0.3, 0.4) is 0 Å². The second kappa shape index (κ2) is 4.72. The van der Waals surface area contributed by atoms with Crippen molar-refractivity contribution in [3.63, 3.8) is 0 Å². The molecule has 0 aromatic carbocycles. The van der Waals surface area contributed by atoms with Crippen LogP contribution in [0.5, 0.6) is 0 Å². The molecule has 0 radical (unpaired) electrons. The molecule has 1 aromatic rings. The normalized spacial score (nSPS) is 27.9. The molecule has 5 nitrogen and oxygen atoms in total. The van der Waals surface area contributed by atoms with Gasteiger partial charge in [0.2, 0.25) is 11.8 Å². The molecule has 2 fully saturated rings. The van der Waals surface area contributed by atoms with Gasteiger partial charge in [0.25, 0.3) is 0 Å². The minimum atomic E-state index is -0.214. The molecule has 0 bridgehead atoms. The van der Waals surface area contributed by atoms with E-state index in [2.05, 4.69) is 5.10 Å². The number of aromatic nitrogens is 2. The number of imide groups is 1. The van der Waals surface area contributed by atoms with E-state index in [4.69, 9.17) is 0 Å². The largest absolute Gasteiger partial charge is 0.275 e. The Morgan fingerprint density at radius 2 is 1.75 bits per heavy atom. The molecular formula is C15H21N3O2. The van der Waals surface area contributed by atoms with Gasteiger partial charge in [-0.2, -0.15) is 5.10 Å². The van der Waals surface area contributed by atoms with Crippen LogP contribution in [0, 0.1) is 18.8 Å². The number of aryl methyl sites for hydroxylation is 1. The molecule has 2 heterocycles. The Morgan fingerprint density at radius 1 is 1.20 bits per heavy atom. The van der Waals surface area contributed by atoms with Gasteiger partial charge in [0, 0.05) is 18.3 Å². The first-order valence-corrected chi connectivity index (χ1v) is 7.37. The minimum Gasteiger partial charge on any atom is -0.275 e. The molecule has 1 aromatic heterocycles. The van der Waals surface area contributed by atoms with Crippen molar-refractivity contribution in [2.24, 2.45) is 18.9 Å². The summed E-state index contributed by atoms with van der Waals surface area (Å²) >= 11 is 0. The van der Waals surface area contributed by atoms with E-state index in [-0.39, 0.29) is 29.7 Å². The van der Waals surface area contributed by atoms with Crippen LogP contribution in [0.15, 0.2) is 6.20 Å². The van der Waals surface area contributed by atoms with E-state index in [0.29, 0.717) is 0 Å². The number of amides is 2. The van der Waals surface area contributed by atoms with E-state index in [1.807, 2.05) is 20.9 Å². The fraction of sp³-hybridized carbons (Fsp3) is 0.667. The van der Waals surface area contributed by atoms with Crippen LogP contribution in [0.25, 0.3) is 0 Å². The molecule has 0 N–H and O–H groups in total. The van der Waals surface area contributed by atoms with Crippen molar-refractivity contribution >= 4 is 11.8 Å². The summed E-state index contributed by atoms with van der Waals surface area (Å²) in [6.07, 6.45) is 5.63. The Morgan fingerprint density at radius 3 is 2.20 bits per heavy atom. The highest BCUT2D eigenvalue weighted by Crippen LogP contribution is 2.41. The van der Waals surface area contributed by atoms with Gasteiger partial charge in [0.1, 0.15) is 0 Å². The summed E-state index contributed by atoms with van der Waals surface area (Å²) in [7, 11) is 1.87. The van der Waals surface area contributed by atoms with Crippen molar-refractivity contribution in [1.82, 2.24) is 14.7 Å². The standard InChI is InChI=1S/C15H21N3O2/c1-9-13(8-16-17(9)3)10(2)18-14(19)11-6-4-5-7-12(11)15(18)20/h8,10-12H,4-7H2,1-3H3. The minimum absolute atomic E-state index is 0.0236. The lowest BCUT2D eigenvalue weighted by molar-refractivity contribution is -0.142. The zero-order valence-corrected chi connectivity index (χ0v) is 12.3. The van der Waals surface area contributed by atoms with Gasteiger partial charge in [-0.3, -0.25) is 19.2 Å². The zero-order valence-electron chi connectivity index (χ0n) is 12.3. The summed E-state index contributed by atoms with van der Waals surface area (Å²) in [6, 6.07) is -0.214. The van der Waals surface area contributed by atoms with E-state index in [9.17, 15) is 9.59 Å². The van der Waals surface area contributed by atoms with Gasteiger partial charge in [-0.25, -0.2) is 0 Å². The fourth-order valence-corrected chi connectivity index (χ4v) is 3.63. The third-order valence-corrected chi connectivity index (χ3v) is 4.99. The number of likely N-dealkylation sites (tertiary alicyclic amines) is 1. The van der Waals surface area contributed by atoms with Crippen LogP contribution in [0.1, 0.15) is 49.9 Å². The Hall–Kier alpha value is -1.65. The number of fused-ring (bicyclic) bond motifs is 1. The number of hydrogen-bond acceptors (Lipinski definition) is 3. The van der Waals surface area contributed by atoms with E-state index < -0.39 is 0 Å². The molecule has 3 rings (SSSR count). The molecule has 1 saturated heterocycles. The van der Waals surface area contributed by atoms with Crippen LogP contribution in [0.4, 0.5) is 0 Å². The maximum Gasteiger partial charge on any atom is 0.233 e. The van der Waals surface area contributed by atoms with Gasteiger partial charge in [0.05, 0.1) is 24.1 Å². The number of carbonyl (C=O) groups is 2. The van der Waals surface area contributed by atoms with Crippen molar-refractivity contribution in [2.45, 2.75) is 45.6 Å². The maximum atomic E-state index is 12.6. The molecular weight excluding hydrogens is 254 g/mol. The van der Waals surface area contributed by atoms with Gasteiger partial charge < -0.3 is 0 Å². The second-order valence-electron chi connectivity index (χ2n) is 6.03. The molecule has 2 aliphatic rings. The summed E-state index contributed by atoms with van der Waals surface area (Å²) in [4.78, 5) is 26.6. The van der Waals surface area contributed by atoms with E-state index in [1.54, 1.807) is 10.9 Å². The predicted molar refractivity (Wildman–Crippen MR) is 73.7 cm³/mol. The van der Waals surface area contributed by atoms with Crippen molar-refractivity contribution in [3.05, 3.63) is 17.5 Å². The zero-order chi connectivity index (χ0) is 14.4. The molecule has 1 saturated carbocycles. The maximum absolute atomic E-state index is 12.6. The molecule has 3 atom stereocenters. The van der Waals surface area contributed by atoms with E-state index >= 15 is 0 Å². The Balaban J connectivity index is 1.91. The first-order chi connectivity index (χ1) is 9.52. The van der Waals surface area contributed by atoms with Crippen molar-refractivity contribution < 1.29 is 9.59 Å². The number of hydrogen-bond donors (Lipinski definition) is 0. The highest BCUT2D eigenvalue weighted by molar-refractivity contribution is 6.05. The van der Waals surface area contributed by atoms with Crippen LogP contribution in [0.2, 0.25) is 0 Å². The highest BCUT2D eigenvalue weighted by Gasteiger charge is 2.50. The van der Waals surface area contributed by atoms with E-state index in [1.165, 1.54) is 4.90 Å². The molecule has 3 unspecified atom stereocenters. The summed E-state index contributed by atoms with van der Waals surface area (Å²) in [6.45, 7) is 3.90. The molecule has 1 aliphatic heterocycles. The van der Waals surface area contributed by atoms with Crippen molar-refractivity contribution in [3.8, 4) is 0 Å². The average molecular weight is 275 g/mol. The monoisotopic (exact) mass is 275 g/mol. The molecule has 0 spiro atoms. The molecule has 20 heavy (non-hydrogen) atoms. The lowest BCUT2D eigenvalue weighted by Gasteiger charge is -2.23. The Kier molecular flexibility index (Phi) is 3.15. The van der Waals surface area contributed by atoms with Gasteiger partial charge in [-0.15, -0.1) is 0 Å². The molecule has 2 amide bonds. The third kappa shape index (κ3) is 1.79. The second-order valence-corrected chi connectivity index (χ2v) is 6.03. The van der Waals surface area contributed by atoms with Crippen LogP contribution >= 0.6 is 0 Å². The fourth-order valence-electron chi connectivity index (χ4n) is 3.63. The lowest BCUT2D eigenvalue weighted by Crippen LogP contribution is -2.34. The first kappa shape index (κ1) is 13.3. The molecule has 1 aliphatic carbocycles. The predicted octanol–water partition coefficient (Wildman–Crippen LogP) is 1.96.